The number of imide groups is 1. The molecule has 0 aromatic heterocycles. The maximum Gasteiger partial charge on any atom is 0.256 e. The van der Waals surface area contributed by atoms with Crippen LogP contribution in [-0.2, 0) is 28.5 Å². The molecule has 1 aliphatic rings. The maximum absolute atomic E-state index is 11.9. The van der Waals surface area contributed by atoms with E-state index in [9.17, 15) is 9.59 Å². The Morgan fingerprint density at radius 1 is 1.11 bits per heavy atom. The van der Waals surface area contributed by atoms with E-state index in [1.165, 1.54) is 20.3 Å². The van der Waals surface area contributed by atoms with E-state index in [4.69, 9.17) is 18.9 Å². The lowest BCUT2D eigenvalue weighted by Gasteiger charge is -2.26. The molecule has 0 aliphatic carbocycles. The van der Waals surface area contributed by atoms with Crippen molar-refractivity contribution in [3.63, 3.8) is 0 Å². The highest BCUT2D eigenvalue weighted by molar-refractivity contribution is 6.16. The summed E-state index contributed by atoms with van der Waals surface area (Å²) in [5.74, 6) is -0.674. The minimum Gasteiger partial charge on any atom is -0.359 e. The molecule has 0 aromatic rings. The Bertz CT molecular complexity index is 344. The first-order valence-corrected chi connectivity index (χ1v) is 5.81. The Balaban J connectivity index is 2.61. The van der Waals surface area contributed by atoms with Crippen LogP contribution in [0.5, 0.6) is 0 Å². The average molecular weight is 273 g/mol. The fourth-order valence-corrected chi connectivity index (χ4v) is 1.68. The molecule has 108 valence electrons. The number of rotatable bonds is 9. The molecule has 0 bridgehead atoms. The molecule has 0 fully saturated rings. The third kappa shape index (κ3) is 4.39. The summed E-state index contributed by atoms with van der Waals surface area (Å²) in [6, 6.07) is -0.501. The van der Waals surface area contributed by atoms with Crippen LogP contribution in [-0.4, -0.2) is 63.8 Å². The van der Waals surface area contributed by atoms with Crippen LogP contribution >= 0.6 is 0 Å². The molecular formula is C12H19NO6. The predicted octanol–water partition coefficient (Wildman–Crippen LogP) is -0.0889. The second-order valence-electron chi connectivity index (χ2n) is 4.05. The van der Waals surface area contributed by atoms with E-state index < -0.39 is 6.04 Å². The van der Waals surface area contributed by atoms with Gasteiger partial charge in [-0.3, -0.25) is 14.5 Å². The minimum absolute atomic E-state index is 0.0867. The lowest BCUT2D eigenvalue weighted by Crippen LogP contribution is -2.46. The zero-order valence-electron chi connectivity index (χ0n) is 11.4. The molecule has 0 aromatic carbocycles. The van der Waals surface area contributed by atoms with Gasteiger partial charge in [0.25, 0.3) is 11.8 Å². The van der Waals surface area contributed by atoms with Gasteiger partial charge in [-0.1, -0.05) is 0 Å². The molecule has 7 nitrogen and oxygen atoms in total. The van der Waals surface area contributed by atoms with E-state index in [1.54, 1.807) is 6.92 Å². The van der Waals surface area contributed by atoms with Gasteiger partial charge < -0.3 is 18.9 Å². The van der Waals surface area contributed by atoms with Gasteiger partial charge in [0.15, 0.2) is 0 Å². The van der Waals surface area contributed by atoms with Gasteiger partial charge in [-0.05, 0) is 6.92 Å². The smallest absolute Gasteiger partial charge is 0.256 e. The van der Waals surface area contributed by atoms with Crippen molar-refractivity contribution in [3.05, 3.63) is 11.6 Å². The summed E-state index contributed by atoms with van der Waals surface area (Å²) < 4.78 is 19.9. The summed E-state index contributed by atoms with van der Waals surface area (Å²) in [4.78, 5) is 24.8. The Kier molecular flexibility index (Phi) is 6.65. The molecule has 0 saturated heterocycles. The van der Waals surface area contributed by atoms with E-state index >= 15 is 0 Å². The van der Waals surface area contributed by atoms with Gasteiger partial charge in [-0.15, -0.1) is 0 Å². The fraction of sp³-hybridized carbons (Fsp3) is 0.667. The molecule has 0 atom stereocenters. The molecule has 0 saturated carbocycles. The quantitative estimate of drug-likeness (QED) is 0.332. The first-order valence-electron chi connectivity index (χ1n) is 5.81. The SMILES string of the molecule is COCOCC(COCOC)N1C(=O)C=C(C)C1=O. The van der Waals surface area contributed by atoms with Crippen molar-refractivity contribution in [1.29, 1.82) is 0 Å². The molecule has 0 radical (unpaired) electrons. The lowest BCUT2D eigenvalue weighted by atomic mass is 10.2. The van der Waals surface area contributed by atoms with Gasteiger partial charge in [0.2, 0.25) is 0 Å². The van der Waals surface area contributed by atoms with Crippen LogP contribution in [0.3, 0.4) is 0 Å². The van der Waals surface area contributed by atoms with Crippen molar-refractivity contribution in [2.24, 2.45) is 0 Å². The second kappa shape index (κ2) is 8.00. The zero-order valence-corrected chi connectivity index (χ0v) is 11.4. The maximum atomic E-state index is 11.9. The Hall–Kier alpha value is -1.28. The molecule has 1 heterocycles. The van der Waals surface area contributed by atoms with Crippen molar-refractivity contribution < 1.29 is 28.5 Å². The highest BCUT2D eigenvalue weighted by Gasteiger charge is 2.34. The fourth-order valence-electron chi connectivity index (χ4n) is 1.68. The van der Waals surface area contributed by atoms with Gasteiger partial charge in [0.1, 0.15) is 13.6 Å². The highest BCUT2D eigenvalue weighted by Crippen LogP contribution is 2.16. The van der Waals surface area contributed by atoms with Crippen molar-refractivity contribution in [2.75, 3.05) is 41.0 Å². The number of carbonyl (C=O) groups is 2. The van der Waals surface area contributed by atoms with E-state index in [1.807, 2.05) is 0 Å². The Morgan fingerprint density at radius 3 is 2.00 bits per heavy atom. The summed E-state index contributed by atoms with van der Waals surface area (Å²) in [7, 11) is 2.99. The first-order chi connectivity index (χ1) is 9.11. The standard InChI is InChI=1S/C12H19NO6/c1-9-4-11(14)13(12(9)15)10(5-18-7-16-2)6-19-8-17-3/h4,10H,5-8H2,1-3H3. The molecule has 0 unspecified atom stereocenters. The summed E-state index contributed by atoms with van der Waals surface area (Å²) >= 11 is 0. The Labute approximate surface area is 112 Å². The van der Waals surface area contributed by atoms with E-state index in [2.05, 4.69) is 0 Å². The Morgan fingerprint density at radius 2 is 1.63 bits per heavy atom. The monoisotopic (exact) mass is 273 g/mol. The van der Waals surface area contributed by atoms with Crippen LogP contribution in [0.1, 0.15) is 6.92 Å². The molecule has 19 heavy (non-hydrogen) atoms. The second-order valence-corrected chi connectivity index (χ2v) is 4.05. The van der Waals surface area contributed by atoms with Crippen LogP contribution in [0.15, 0.2) is 11.6 Å². The topological polar surface area (TPSA) is 74.3 Å². The van der Waals surface area contributed by atoms with Gasteiger partial charge in [-0.2, -0.15) is 0 Å². The number of methoxy groups -OCH3 is 2. The molecule has 1 rings (SSSR count). The molecule has 7 heteroatoms. The third-order valence-corrected chi connectivity index (χ3v) is 2.52. The van der Waals surface area contributed by atoms with E-state index in [-0.39, 0.29) is 38.6 Å². The molecule has 0 spiro atoms. The van der Waals surface area contributed by atoms with Gasteiger partial charge in [0, 0.05) is 25.9 Å². The van der Waals surface area contributed by atoms with Crippen LogP contribution in [0.25, 0.3) is 0 Å². The predicted molar refractivity (Wildman–Crippen MR) is 65.1 cm³/mol. The normalized spacial score (nSPS) is 15.6. The van der Waals surface area contributed by atoms with Crippen molar-refractivity contribution in [2.45, 2.75) is 13.0 Å². The number of nitrogens with zero attached hydrogens (tertiary/aromatic N) is 1. The zero-order chi connectivity index (χ0) is 14.3. The minimum atomic E-state index is -0.501. The molecule has 0 N–H and O–H groups in total. The number of amides is 2. The first kappa shape index (κ1) is 15.8. The average Bonchev–Trinajstić information content (AvgIpc) is 2.62. The lowest BCUT2D eigenvalue weighted by molar-refractivity contribution is -0.147. The summed E-state index contributed by atoms with van der Waals surface area (Å²) in [5, 5.41) is 0. The number of hydrogen-bond acceptors (Lipinski definition) is 6. The molecule has 2 amide bonds. The van der Waals surface area contributed by atoms with Crippen LogP contribution < -0.4 is 0 Å². The van der Waals surface area contributed by atoms with Crippen molar-refractivity contribution in [1.82, 2.24) is 4.90 Å². The van der Waals surface area contributed by atoms with Gasteiger partial charge in [0.05, 0.1) is 19.3 Å². The molecule has 1 aliphatic heterocycles. The van der Waals surface area contributed by atoms with Gasteiger partial charge in [-0.25, -0.2) is 0 Å². The summed E-state index contributed by atoms with van der Waals surface area (Å²) in [6.07, 6.45) is 1.31. The largest absolute Gasteiger partial charge is 0.359 e. The van der Waals surface area contributed by atoms with E-state index in [0.717, 1.165) is 4.90 Å². The number of ether oxygens (including phenoxy) is 4. The van der Waals surface area contributed by atoms with Crippen LogP contribution in [0, 0.1) is 0 Å². The van der Waals surface area contributed by atoms with Crippen molar-refractivity contribution in [3.8, 4) is 0 Å². The highest BCUT2D eigenvalue weighted by atomic mass is 16.7. The third-order valence-electron chi connectivity index (χ3n) is 2.52. The number of carbonyl (C=O) groups excluding carboxylic acids is 2. The summed E-state index contributed by atoms with van der Waals surface area (Å²) in [6.45, 7) is 2.07. The van der Waals surface area contributed by atoms with E-state index in [0.29, 0.717) is 5.57 Å². The molecular weight excluding hydrogens is 254 g/mol. The summed E-state index contributed by atoms with van der Waals surface area (Å²) in [5.41, 5.74) is 0.411. The van der Waals surface area contributed by atoms with Gasteiger partial charge >= 0.3 is 0 Å². The van der Waals surface area contributed by atoms with Crippen molar-refractivity contribution >= 4 is 11.8 Å². The van der Waals surface area contributed by atoms with Crippen LogP contribution in [0.2, 0.25) is 0 Å². The van der Waals surface area contributed by atoms with Crippen LogP contribution in [0.4, 0.5) is 0 Å². The number of hydrogen-bond donors (Lipinski definition) is 0.